The number of carbonyl (C=O) groups excluding carboxylic acids is 1. The molecule has 2 aromatic carbocycles. The number of ether oxygens (including phenoxy) is 2. The van der Waals surface area contributed by atoms with Gasteiger partial charge in [-0.1, -0.05) is 11.6 Å². The smallest absolute Gasteiger partial charge is 0.343 e. The quantitative estimate of drug-likeness (QED) is 0.438. The normalized spacial score (nSPS) is 15.0. The van der Waals surface area contributed by atoms with E-state index in [1.54, 1.807) is 31.4 Å². The summed E-state index contributed by atoms with van der Waals surface area (Å²) in [7, 11) is 1.60. The minimum atomic E-state index is -0.412. The van der Waals surface area contributed by atoms with Gasteiger partial charge in [-0.25, -0.2) is 4.79 Å². The maximum atomic E-state index is 12.2. The number of halogens is 1. The van der Waals surface area contributed by atoms with Gasteiger partial charge in [-0.3, -0.25) is 0 Å². The highest BCUT2D eigenvalue weighted by atomic mass is 35.5. The highest BCUT2D eigenvalue weighted by Gasteiger charge is 2.22. The maximum absolute atomic E-state index is 12.2. The molecule has 2 heterocycles. The number of cyclic esters (lactones) is 1. The molecule has 27 heavy (non-hydrogen) atoms. The van der Waals surface area contributed by atoms with E-state index in [9.17, 15) is 4.79 Å². The van der Waals surface area contributed by atoms with E-state index in [4.69, 9.17) is 25.5 Å². The molecule has 1 aromatic heterocycles. The van der Waals surface area contributed by atoms with E-state index >= 15 is 0 Å². The molecule has 0 unspecified atom stereocenters. The fraction of sp³-hybridized carbons (Fsp3) is 0.0455. The topological polar surface area (TPSA) is 48.7 Å². The third-order valence-electron chi connectivity index (χ3n) is 4.15. The first kappa shape index (κ1) is 17.2. The average Bonchev–Trinajstić information content (AvgIpc) is 3.30. The first-order valence-electron chi connectivity index (χ1n) is 8.28. The summed E-state index contributed by atoms with van der Waals surface area (Å²) in [6.07, 6.45) is 3.37. The van der Waals surface area contributed by atoms with E-state index in [1.165, 1.54) is 0 Å². The van der Waals surface area contributed by atoms with Crippen molar-refractivity contribution < 1.29 is 18.7 Å². The van der Waals surface area contributed by atoms with E-state index in [1.807, 2.05) is 48.5 Å². The number of furan rings is 1. The second-order valence-corrected chi connectivity index (χ2v) is 6.37. The Labute approximate surface area is 161 Å². The maximum Gasteiger partial charge on any atom is 0.343 e. The highest BCUT2D eigenvalue weighted by Crippen LogP contribution is 2.30. The van der Waals surface area contributed by atoms with Crippen molar-refractivity contribution in [2.75, 3.05) is 7.11 Å². The van der Waals surface area contributed by atoms with Crippen LogP contribution < -0.4 is 4.74 Å². The van der Waals surface area contributed by atoms with Gasteiger partial charge in [-0.05, 0) is 72.8 Å². The van der Waals surface area contributed by atoms with Crippen molar-refractivity contribution in [3.63, 3.8) is 0 Å². The van der Waals surface area contributed by atoms with Crippen LogP contribution in [0.15, 0.2) is 76.7 Å². The predicted octanol–water partition coefficient (Wildman–Crippen LogP) is 5.59. The van der Waals surface area contributed by atoms with Crippen molar-refractivity contribution >= 4 is 29.4 Å². The predicted molar refractivity (Wildman–Crippen MR) is 104 cm³/mol. The molecule has 4 rings (SSSR count). The zero-order valence-electron chi connectivity index (χ0n) is 14.4. The van der Waals surface area contributed by atoms with Crippen LogP contribution in [0.4, 0.5) is 0 Å². The molecule has 134 valence electrons. The molecule has 0 saturated carbocycles. The summed E-state index contributed by atoms with van der Waals surface area (Å²) in [5.74, 6) is 2.09. The van der Waals surface area contributed by atoms with Crippen LogP contribution in [0.5, 0.6) is 5.75 Å². The lowest BCUT2D eigenvalue weighted by atomic mass is 10.1. The molecule has 5 heteroatoms. The molecule has 4 nitrogen and oxygen atoms in total. The van der Waals surface area contributed by atoms with Crippen LogP contribution in [0.1, 0.15) is 11.3 Å². The Morgan fingerprint density at radius 1 is 0.926 bits per heavy atom. The number of carbonyl (C=O) groups is 1. The molecule has 0 fully saturated rings. The van der Waals surface area contributed by atoms with Gasteiger partial charge in [0.05, 0.1) is 12.7 Å². The van der Waals surface area contributed by atoms with Gasteiger partial charge in [-0.2, -0.15) is 0 Å². The summed E-state index contributed by atoms with van der Waals surface area (Å²) in [5, 5.41) is 0.664. The highest BCUT2D eigenvalue weighted by molar-refractivity contribution is 6.30. The summed E-state index contributed by atoms with van der Waals surface area (Å²) in [5.41, 5.74) is 2.14. The molecule has 0 aliphatic carbocycles. The summed E-state index contributed by atoms with van der Waals surface area (Å²) in [6, 6.07) is 18.3. The van der Waals surface area contributed by atoms with Crippen LogP contribution in [0.3, 0.4) is 0 Å². The molecule has 0 spiro atoms. The van der Waals surface area contributed by atoms with E-state index < -0.39 is 5.97 Å². The number of hydrogen-bond donors (Lipinski definition) is 0. The molecule has 0 atom stereocenters. The van der Waals surface area contributed by atoms with Crippen molar-refractivity contribution in [1.29, 1.82) is 0 Å². The van der Waals surface area contributed by atoms with Crippen LogP contribution in [0.25, 0.3) is 23.2 Å². The number of hydrogen-bond acceptors (Lipinski definition) is 4. The lowest BCUT2D eigenvalue weighted by Gasteiger charge is -2.03. The molecule has 1 aliphatic rings. The van der Waals surface area contributed by atoms with Crippen molar-refractivity contribution in [3.05, 3.63) is 88.7 Å². The van der Waals surface area contributed by atoms with Crippen LogP contribution in [-0.2, 0) is 9.53 Å². The molecule has 0 N–H and O–H groups in total. The van der Waals surface area contributed by atoms with Gasteiger partial charge in [-0.15, -0.1) is 0 Å². The Morgan fingerprint density at radius 3 is 2.33 bits per heavy atom. The molecule has 1 aliphatic heterocycles. The summed E-state index contributed by atoms with van der Waals surface area (Å²) < 4.78 is 16.3. The molecular formula is C22H15ClO4. The fourth-order valence-corrected chi connectivity index (χ4v) is 2.87. The van der Waals surface area contributed by atoms with E-state index in [2.05, 4.69) is 0 Å². The van der Waals surface area contributed by atoms with Crippen LogP contribution in [-0.4, -0.2) is 13.1 Å². The SMILES string of the molecule is COc1ccc(C2=C/C(=C\c3ccc(-c4ccc(Cl)cc4)o3)C(=O)O2)cc1. The van der Waals surface area contributed by atoms with Crippen molar-refractivity contribution in [3.8, 4) is 17.1 Å². The third kappa shape index (κ3) is 3.66. The van der Waals surface area contributed by atoms with E-state index in [-0.39, 0.29) is 0 Å². The number of rotatable bonds is 4. The first-order chi connectivity index (χ1) is 13.1. The molecule has 0 amide bonds. The van der Waals surface area contributed by atoms with Crippen molar-refractivity contribution in [2.24, 2.45) is 0 Å². The average molecular weight is 379 g/mol. The number of benzene rings is 2. The number of methoxy groups -OCH3 is 1. The second-order valence-electron chi connectivity index (χ2n) is 5.94. The van der Waals surface area contributed by atoms with Gasteiger partial charge in [0.15, 0.2) is 0 Å². The third-order valence-corrected chi connectivity index (χ3v) is 4.40. The fourth-order valence-electron chi connectivity index (χ4n) is 2.74. The van der Waals surface area contributed by atoms with Gasteiger partial charge in [0.25, 0.3) is 0 Å². The molecule has 0 radical (unpaired) electrons. The second kappa shape index (κ2) is 7.17. The van der Waals surface area contributed by atoms with Gasteiger partial charge in [0.2, 0.25) is 0 Å². The standard InChI is InChI=1S/C22H15ClO4/c1-25-18-8-4-15(5-9-18)21-13-16(22(24)27-21)12-19-10-11-20(26-19)14-2-6-17(23)7-3-14/h2-13H,1H3/b16-12+. The zero-order valence-corrected chi connectivity index (χ0v) is 15.2. The number of esters is 1. The Bertz CT molecular complexity index is 1040. The zero-order chi connectivity index (χ0) is 18.8. The first-order valence-corrected chi connectivity index (χ1v) is 8.66. The van der Waals surface area contributed by atoms with E-state index in [0.29, 0.717) is 27.9 Å². The van der Waals surface area contributed by atoms with Crippen LogP contribution in [0, 0.1) is 0 Å². The van der Waals surface area contributed by atoms with Gasteiger partial charge in [0.1, 0.15) is 23.0 Å². The monoisotopic (exact) mass is 378 g/mol. The van der Waals surface area contributed by atoms with E-state index in [0.717, 1.165) is 16.9 Å². The van der Waals surface area contributed by atoms with Crippen molar-refractivity contribution in [2.45, 2.75) is 0 Å². The lowest BCUT2D eigenvalue weighted by Crippen LogP contribution is -1.97. The minimum absolute atomic E-state index is 0.412. The van der Waals surface area contributed by atoms with Crippen molar-refractivity contribution in [1.82, 2.24) is 0 Å². The van der Waals surface area contributed by atoms with Gasteiger partial charge >= 0.3 is 5.97 Å². The molecule has 3 aromatic rings. The lowest BCUT2D eigenvalue weighted by molar-refractivity contribution is -0.130. The summed E-state index contributed by atoms with van der Waals surface area (Å²) >= 11 is 5.91. The van der Waals surface area contributed by atoms with Gasteiger partial charge in [0, 0.05) is 16.1 Å². The molecule has 0 saturated heterocycles. The van der Waals surface area contributed by atoms with Gasteiger partial charge < -0.3 is 13.9 Å². The summed E-state index contributed by atoms with van der Waals surface area (Å²) in [6.45, 7) is 0. The molecule has 0 bridgehead atoms. The summed E-state index contributed by atoms with van der Waals surface area (Å²) in [4.78, 5) is 12.2. The Kier molecular flexibility index (Phi) is 4.57. The Hall–Kier alpha value is -3.24. The van der Waals surface area contributed by atoms with Crippen LogP contribution >= 0.6 is 11.6 Å². The Balaban J connectivity index is 1.59. The molecular weight excluding hydrogens is 364 g/mol. The Morgan fingerprint density at radius 2 is 1.63 bits per heavy atom. The van der Waals surface area contributed by atoms with Crippen LogP contribution in [0.2, 0.25) is 5.02 Å². The minimum Gasteiger partial charge on any atom is -0.497 e. The largest absolute Gasteiger partial charge is 0.497 e.